The van der Waals surface area contributed by atoms with Gasteiger partial charge in [-0.2, -0.15) is 0 Å². The number of amides is 1. The lowest BCUT2D eigenvalue weighted by Crippen LogP contribution is -2.41. The maximum Gasteiger partial charge on any atom is 0.272 e. The van der Waals surface area contributed by atoms with Gasteiger partial charge >= 0.3 is 0 Å². The normalized spacial score (nSPS) is 14.0. The van der Waals surface area contributed by atoms with Gasteiger partial charge in [0.05, 0.1) is 6.10 Å². The van der Waals surface area contributed by atoms with E-state index in [1.165, 1.54) is 0 Å². The minimum atomic E-state index is -0.0658. The number of nitrogens with two attached hydrogens (primary N) is 1. The fraction of sp³-hybridized carbons (Fsp3) is 0.400. The lowest BCUT2D eigenvalue weighted by Gasteiger charge is -2.31. The van der Waals surface area contributed by atoms with Crippen LogP contribution in [0.1, 0.15) is 29.8 Å². The summed E-state index contributed by atoms with van der Waals surface area (Å²) in [5.74, 6) is 1.27. The molecule has 1 saturated heterocycles. The number of nitrogens with zero attached hydrogens (tertiary/aromatic N) is 2. The molecule has 6 nitrogen and oxygen atoms in total. The van der Waals surface area contributed by atoms with Crippen molar-refractivity contribution in [2.24, 2.45) is 5.73 Å². The quantitative estimate of drug-likeness (QED) is 0.681. The fourth-order valence-electron chi connectivity index (χ4n) is 2.94. The summed E-state index contributed by atoms with van der Waals surface area (Å²) in [6, 6.07) is 12.9. The number of piperidine rings is 1. The van der Waals surface area contributed by atoms with E-state index in [1.807, 2.05) is 35.2 Å². The van der Waals surface area contributed by atoms with Crippen molar-refractivity contribution in [2.45, 2.75) is 25.4 Å². The molecule has 8 heteroatoms. The highest BCUT2D eigenvalue weighted by molar-refractivity contribution is 5.92. The molecule has 2 aromatic rings. The Morgan fingerprint density at radius 2 is 1.82 bits per heavy atom. The van der Waals surface area contributed by atoms with E-state index in [4.69, 9.17) is 15.2 Å². The molecule has 1 aromatic carbocycles. The van der Waals surface area contributed by atoms with Crippen molar-refractivity contribution in [3.05, 3.63) is 54.4 Å². The molecule has 0 radical (unpaired) electrons. The predicted molar refractivity (Wildman–Crippen MR) is 114 cm³/mol. The van der Waals surface area contributed by atoms with Gasteiger partial charge in [-0.3, -0.25) is 9.78 Å². The number of hydrogen-bond donors (Lipinski definition) is 1. The van der Waals surface area contributed by atoms with Crippen LogP contribution in [0.5, 0.6) is 11.5 Å². The van der Waals surface area contributed by atoms with E-state index in [1.54, 1.807) is 18.3 Å². The topological polar surface area (TPSA) is 77.7 Å². The number of hydrogen-bond acceptors (Lipinski definition) is 5. The van der Waals surface area contributed by atoms with E-state index in [9.17, 15) is 4.79 Å². The molecule has 1 fully saturated rings. The average Bonchev–Trinajstić information content (AvgIpc) is 2.69. The number of carbonyl (C=O) groups excluding carboxylic acids is 1. The lowest BCUT2D eigenvalue weighted by molar-refractivity contribution is 0.00828. The van der Waals surface area contributed by atoms with Crippen LogP contribution in [0.4, 0.5) is 0 Å². The minimum absolute atomic E-state index is 0. The van der Waals surface area contributed by atoms with Gasteiger partial charge in [0.15, 0.2) is 0 Å². The van der Waals surface area contributed by atoms with Gasteiger partial charge in [-0.15, -0.1) is 24.8 Å². The highest BCUT2D eigenvalue weighted by Gasteiger charge is 2.24. The van der Waals surface area contributed by atoms with Gasteiger partial charge in [0.1, 0.15) is 17.2 Å². The van der Waals surface area contributed by atoms with Crippen molar-refractivity contribution in [1.82, 2.24) is 9.88 Å². The molecule has 0 bridgehead atoms. The first kappa shape index (κ1) is 24.2. The first-order valence-electron chi connectivity index (χ1n) is 9.06. The molecule has 0 spiro atoms. The summed E-state index contributed by atoms with van der Waals surface area (Å²) in [6.07, 6.45) is 4.38. The van der Waals surface area contributed by atoms with Gasteiger partial charge in [-0.05, 0) is 44.0 Å². The Hall–Kier alpha value is -1.86. The standard InChI is InChI=1S/C20H25N3O3.2ClH/c21-10-4-14-25-16-8-12-23(13-9-16)20(24)19-15-18(7-11-22-19)26-17-5-2-1-3-6-17;;/h1-3,5-7,11,15-16H,4,8-10,12-14,21H2;2*1H. The molecule has 1 aromatic heterocycles. The Morgan fingerprint density at radius 1 is 1.11 bits per heavy atom. The summed E-state index contributed by atoms with van der Waals surface area (Å²) in [7, 11) is 0. The first-order valence-corrected chi connectivity index (χ1v) is 9.06. The Kier molecular flexibility index (Phi) is 10.9. The van der Waals surface area contributed by atoms with Crippen LogP contribution < -0.4 is 10.5 Å². The average molecular weight is 428 g/mol. The van der Waals surface area contributed by atoms with Crippen LogP contribution in [0, 0.1) is 0 Å². The summed E-state index contributed by atoms with van der Waals surface area (Å²) in [5, 5.41) is 0. The van der Waals surface area contributed by atoms with Crippen molar-refractivity contribution in [3.8, 4) is 11.5 Å². The minimum Gasteiger partial charge on any atom is -0.457 e. The van der Waals surface area contributed by atoms with Crippen molar-refractivity contribution in [2.75, 3.05) is 26.2 Å². The van der Waals surface area contributed by atoms with Crippen LogP contribution in [0.15, 0.2) is 48.7 Å². The van der Waals surface area contributed by atoms with E-state index in [0.29, 0.717) is 37.7 Å². The van der Waals surface area contributed by atoms with Gasteiger partial charge in [0.2, 0.25) is 0 Å². The van der Waals surface area contributed by atoms with Gasteiger partial charge in [0.25, 0.3) is 5.91 Å². The number of likely N-dealkylation sites (tertiary alicyclic amines) is 1. The third-order valence-corrected chi connectivity index (χ3v) is 4.36. The molecule has 3 rings (SSSR count). The predicted octanol–water partition coefficient (Wildman–Crippen LogP) is 3.69. The third kappa shape index (κ3) is 6.95. The lowest BCUT2D eigenvalue weighted by atomic mass is 10.1. The molecule has 0 saturated carbocycles. The van der Waals surface area contributed by atoms with Gasteiger partial charge < -0.3 is 20.1 Å². The second-order valence-corrected chi connectivity index (χ2v) is 6.30. The fourth-order valence-corrected chi connectivity index (χ4v) is 2.94. The van der Waals surface area contributed by atoms with Gasteiger partial charge in [-0.1, -0.05) is 18.2 Å². The smallest absolute Gasteiger partial charge is 0.272 e. The largest absolute Gasteiger partial charge is 0.457 e. The zero-order chi connectivity index (χ0) is 18.2. The van der Waals surface area contributed by atoms with Crippen LogP contribution in [-0.2, 0) is 4.74 Å². The summed E-state index contributed by atoms with van der Waals surface area (Å²) < 4.78 is 11.6. The number of pyridine rings is 1. The summed E-state index contributed by atoms with van der Waals surface area (Å²) in [4.78, 5) is 18.8. The zero-order valence-electron chi connectivity index (χ0n) is 15.7. The second kappa shape index (κ2) is 12.6. The van der Waals surface area contributed by atoms with Crippen LogP contribution in [0.3, 0.4) is 0 Å². The molecule has 0 unspecified atom stereocenters. The molecule has 1 aliphatic rings. The maximum atomic E-state index is 12.7. The van der Waals surface area contributed by atoms with Crippen LogP contribution in [0.2, 0.25) is 0 Å². The van der Waals surface area contributed by atoms with Crippen LogP contribution >= 0.6 is 24.8 Å². The zero-order valence-corrected chi connectivity index (χ0v) is 17.3. The molecular weight excluding hydrogens is 401 g/mol. The maximum absolute atomic E-state index is 12.7. The van der Waals surface area contributed by atoms with E-state index in [-0.39, 0.29) is 36.8 Å². The third-order valence-electron chi connectivity index (χ3n) is 4.36. The number of benzene rings is 1. The first-order chi connectivity index (χ1) is 12.8. The number of rotatable bonds is 7. The van der Waals surface area contributed by atoms with Gasteiger partial charge in [-0.25, -0.2) is 0 Å². The van der Waals surface area contributed by atoms with Gasteiger partial charge in [0, 0.05) is 32.0 Å². The highest BCUT2D eigenvalue weighted by atomic mass is 35.5. The molecular formula is C20H27Cl2N3O3. The highest BCUT2D eigenvalue weighted by Crippen LogP contribution is 2.22. The van der Waals surface area contributed by atoms with Crippen molar-refractivity contribution in [3.63, 3.8) is 0 Å². The summed E-state index contributed by atoms with van der Waals surface area (Å²) in [5.41, 5.74) is 5.88. The number of carbonyl (C=O) groups is 1. The molecule has 1 aliphatic heterocycles. The number of ether oxygens (including phenoxy) is 2. The Bertz CT molecular complexity index is 711. The number of halogens is 2. The Balaban J connectivity index is 0.00000196. The van der Waals surface area contributed by atoms with Crippen molar-refractivity contribution >= 4 is 30.7 Å². The number of aromatic nitrogens is 1. The molecule has 0 aliphatic carbocycles. The van der Waals surface area contributed by atoms with Crippen LogP contribution in [-0.4, -0.2) is 48.1 Å². The Morgan fingerprint density at radius 3 is 2.50 bits per heavy atom. The molecule has 2 N–H and O–H groups in total. The number of para-hydroxylation sites is 1. The molecule has 2 heterocycles. The van der Waals surface area contributed by atoms with E-state index >= 15 is 0 Å². The van der Waals surface area contributed by atoms with E-state index in [2.05, 4.69) is 4.98 Å². The second-order valence-electron chi connectivity index (χ2n) is 6.30. The van der Waals surface area contributed by atoms with Crippen LogP contribution in [0.25, 0.3) is 0 Å². The summed E-state index contributed by atoms with van der Waals surface area (Å²) in [6.45, 7) is 2.69. The molecule has 1 amide bonds. The van der Waals surface area contributed by atoms with Crippen molar-refractivity contribution in [1.29, 1.82) is 0 Å². The Labute approximate surface area is 178 Å². The molecule has 0 atom stereocenters. The SMILES string of the molecule is Cl.Cl.NCCCOC1CCN(C(=O)c2cc(Oc3ccccc3)ccn2)CC1. The molecule has 154 valence electrons. The van der Waals surface area contributed by atoms with E-state index < -0.39 is 0 Å². The van der Waals surface area contributed by atoms with Crippen molar-refractivity contribution < 1.29 is 14.3 Å². The summed E-state index contributed by atoms with van der Waals surface area (Å²) >= 11 is 0. The molecule has 28 heavy (non-hydrogen) atoms. The van der Waals surface area contributed by atoms with E-state index in [0.717, 1.165) is 25.0 Å². The monoisotopic (exact) mass is 427 g/mol.